The normalized spacial score (nSPS) is 29.7. The van der Waals surface area contributed by atoms with Crippen LogP contribution in [0.25, 0.3) is 0 Å². The van der Waals surface area contributed by atoms with Gasteiger partial charge in [0, 0.05) is 18.2 Å². The van der Waals surface area contributed by atoms with Crippen LogP contribution in [0.2, 0.25) is 0 Å². The minimum atomic E-state index is -4.15. The topological polar surface area (TPSA) is 129 Å². The highest BCUT2D eigenvalue weighted by Crippen LogP contribution is 2.56. The maximum atomic E-state index is 15.2. The molecular weight excluding hydrogens is 434 g/mol. The Kier molecular flexibility index (Phi) is 5.37. The molecule has 1 aromatic carbocycles. The molecule has 4 rings (SSSR count). The van der Waals surface area contributed by atoms with Gasteiger partial charge in [-0.1, -0.05) is 24.1 Å². The van der Waals surface area contributed by atoms with E-state index in [0.29, 0.717) is 16.9 Å². The number of H-pyrrole nitrogens is 1. The number of alkyl halides is 1. The second kappa shape index (κ2) is 7.75. The lowest BCUT2D eigenvalue weighted by Crippen LogP contribution is -2.37. The van der Waals surface area contributed by atoms with Gasteiger partial charge >= 0.3 is 13.5 Å². The number of aromatic amines is 1. The van der Waals surface area contributed by atoms with Gasteiger partial charge in [0.25, 0.3) is 5.56 Å². The number of aryl methyl sites for hydroxylation is 1. The first-order chi connectivity index (χ1) is 14.6. The molecule has 1 saturated heterocycles. The Balaban J connectivity index is 1.50. The number of benzene rings is 1. The third-order valence-corrected chi connectivity index (χ3v) is 6.18. The molecule has 0 amide bonds. The number of phosphoric acid groups is 1. The van der Waals surface area contributed by atoms with Gasteiger partial charge in [0.05, 0.1) is 6.61 Å². The van der Waals surface area contributed by atoms with Crippen molar-refractivity contribution in [2.45, 2.75) is 38.1 Å². The van der Waals surface area contributed by atoms with Crippen LogP contribution in [0.5, 0.6) is 5.75 Å². The van der Waals surface area contributed by atoms with Crippen molar-refractivity contribution in [3.05, 3.63) is 61.9 Å². The quantitative estimate of drug-likeness (QED) is 0.528. The monoisotopic (exact) mass is 452 g/mol. The number of aliphatic hydroxyl groups excluding tert-OH is 1. The van der Waals surface area contributed by atoms with Crippen molar-refractivity contribution in [3.63, 3.8) is 0 Å². The Labute approximate surface area is 175 Å². The molecule has 31 heavy (non-hydrogen) atoms. The molecule has 2 aliphatic rings. The summed E-state index contributed by atoms with van der Waals surface area (Å²) in [5.41, 5.74) is -0.581. The maximum Gasteiger partial charge on any atom is 0.530 e. The highest BCUT2D eigenvalue weighted by Gasteiger charge is 2.50. The number of hydrogen-bond donors (Lipinski definition) is 2. The molecule has 2 aliphatic heterocycles. The van der Waals surface area contributed by atoms with Crippen LogP contribution in [0.15, 0.2) is 34.0 Å². The summed E-state index contributed by atoms with van der Waals surface area (Å²) in [7, 11) is -4.15. The van der Waals surface area contributed by atoms with Crippen LogP contribution in [0, 0.1) is 19.3 Å². The summed E-state index contributed by atoms with van der Waals surface area (Å²) in [6.07, 6.45) is 2.60. The second-order valence-electron chi connectivity index (χ2n) is 7.17. The maximum absolute atomic E-state index is 15.2. The molecule has 1 fully saturated rings. The molecule has 0 radical (unpaired) electrons. The highest BCUT2D eigenvalue weighted by molar-refractivity contribution is 7.49. The van der Waals surface area contributed by atoms with Gasteiger partial charge in [-0.3, -0.25) is 23.4 Å². The van der Waals surface area contributed by atoms with Crippen molar-refractivity contribution in [2.75, 3.05) is 6.61 Å². The molecule has 2 aromatic rings. The van der Waals surface area contributed by atoms with Crippen molar-refractivity contribution in [3.8, 4) is 18.1 Å². The van der Waals surface area contributed by atoms with E-state index in [2.05, 4.69) is 5.92 Å². The molecule has 0 spiro atoms. The number of halogens is 1. The molecule has 10 nitrogen and oxygen atoms in total. The number of ether oxygens (including phenoxy) is 1. The number of fused-ring (bicyclic) bond motifs is 1. The van der Waals surface area contributed by atoms with E-state index >= 15 is 4.39 Å². The van der Waals surface area contributed by atoms with Gasteiger partial charge in [0.1, 0.15) is 24.0 Å². The average molecular weight is 452 g/mol. The van der Waals surface area contributed by atoms with E-state index in [1.807, 2.05) is 4.98 Å². The second-order valence-corrected chi connectivity index (χ2v) is 8.76. The van der Waals surface area contributed by atoms with Crippen LogP contribution in [-0.2, 0) is 25.0 Å². The number of nitrogens with one attached hydrogen (secondary N) is 1. The molecule has 0 bridgehead atoms. The standard InChI is InChI=1S/C19H18FN2O8P/c1-3-12-8-22(18(25)21-16(12)24)17-14(23)7-19(20,29-17)10-28-31(26)27-9-13-6-4-5-11(2)15(13)30-31/h1,4-6,8,14,17,23H,7,9-10H2,2H3,(H,21,24,25)/t14-,17-,19+,31?/m1/s1. The minimum Gasteiger partial charge on any atom is -0.403 e. The van der Waals surface area contributed by atoms with Crippen molar-refractivity contribution < 1.29 is 32.4 Å². The first-order valence-corrected chi connectivity index (χ1v) is 10.6. The summed E-state index contributed by atoms with van der Waals surface area (Å²) in [6, 6.07) is 5.27. The van der Waals surface area contributed by atoms with Crippen molar-refractivity contribution in [1.82, 2.24) is 9.55 Å². The predicted octanol–water partition coefficient (Wildman–Crippen LogP) is 1.51. The number of para-hydroxylation sites is 1. The third-order valence-electron chi connectivity index (χ3n) is 4.89. The van der Waals surface area contributed by atoms with Gasteiger partial charge in [-0.15, -0.1) is 6.42 Å². The van der Waals surface area contributed by atoms with Crippen LogP contribution in [-0.4, -0.2) is 33.2 Å². The molecular formula is C19H18FN2O8P. The van der Waals surface area contributed by atoms with E-state index in [9.17, 15) is 19.3 Å². The van der Waals surface area contributed by atoms with Crippen molar-refractivity contribution >= 4 is 7.82 Å². The SMILES string of the molecule is C#Cc1cn([C@@H]2O[C@](F)(COP3(=O)OCc4cccc(C)c4O3)C[C@H]2O)c(=O)[nH]c1=O. The van der Waals surface area contributed by atoms with Crippen LogP contribution in [0.4, 0.5) is 4.39 Å². The lowest BCUT2D eigenvalue weighted by molar-refractivity contribution is -0.179. The van der Waals surface area contributed by atoms with Crippen molar-refractivity contribution in [2.24, 2.45) is 0 Å². The molecule has 1 unspecified atom stereocenters. The first kappa shape index (κ1) is 21.5. The molecule has 4 atom stereocenters. The summed E-state index contributed by atoms with van der Waals surface area (Å²) in [5, 5.41) is 10.2. The van der Waals surface area contributed by atoms with Gasteiger partial charge < -0.3 is 14.4 Å². The smallest absolute Gasteiger partial charge is 0.403 e. The van der Waals surface area contributed by atoms with Gasteiger partial charge in [-0.2, -0.15) is 0 Å². The van der Waals surface area contributed by atoms with Gasteiger partial charge in [-0.05, 0) is 12.5 Å². The Morgan fingerprint density at radius 3 is 3.00 bits per heavy atom. The fourth-order valence-corrected chi connectivity index (χ4v) is 4.66. The summed E-state index contributed by atoms with van der Waals surface area (Å²) in [5.74, 6) is -0.210. The third kappa shape index (κ3) is 4.08. The number of aliphatic hydroxyl groups is 1. The van der Waals surface area contributed by atoms with Gasteiger partial charge in [-0.25, -0.2) is 13.8 Å². The number of phosphoric ester groups is 1. The zero-order valence-electron chi connectivity index (χ0n) is 16.2. The van der Waals surface area contributed by atoms with Crippen molar-refractivity contribution in [1.29, 1.82) is 0 Å². The van der Waals surface area contributed by atoms with Crippen LogP contribution in [0.3, 0.4) is 0 Å². The number of rotatable bonds is 4. The summed E-state index contributed by atoms with van der Waals surface area (Å²) in [4.78, 5) is 25.6. The van der Waals surface area contributed by atoms with E-state index in [-0.39, 0.29) is 12.2 Å². The van der Waals surface area contributed by atoms with Gasteiger partial charge in [0.2, 0.25) is 5.85 Å². The fourth-order valence-electron chi connectivity index (χ4n) is 3.35. The zero-order valence-corrected chi connectivity index (χ0v) is 17.1. The summed E-state index contributed by atoms with van der Waals surface area (Å²) < 4.78 is 49.6. The van der Waals surface area contributed by atoms with E-state index in [1.54, 1.807) is 25.1 Å². The Morgan fingerprint density at radius 2 is 2.26 bits per heavy atom. The minimum absolute atomic E-state index is 0.0542. The molecule has 0 saturated carbocycles. The number of nitrogens with zero attached hydrogens (tertiary/aromatic N) is 1. The Hall–Kier alpha value is -2.74. The number of aromatic nitrogens is 2. The first-order valence-electron chi connectivity index (χ1n) is 9.17. The Bertz CT molecular complexity index is 1230. The van der Waals surface area contributed by atoms with Crippen LogP contribution in [0.1, 0.15) is 29.3 Å². The van der Waals surface area contributed by atoms with E-state index < -0.39 is 50.3 Å². The summed E-state index contributed by atoms with van der Waals surface area (Å²) in [6.45, 7) is 0.791. The van der Waals surface area contributed by atoms with E-state index in [0.717, 1.165) is 10.8 Å². The molecule has 0 aliphatic carbocycles. The molecule has 12 heteroatoms. The lowest BCUT2D eigenvalue weighted by Gasteiger charge is -2.28. The van der Waals surface area contributed by atoms with Crippen LogP contribution < -0.4 is 15.8 Å². The largest absolute Gasteiger partial charge is 0.530 e. The number of hydrogen-bond acceptors (Lipinski definition) is 8. The highest BCUT2D eigenvalue weighted by atomic mass is 31.2. The van der Waals surface area contributed by atoms with Gasteiger partial charge in [0.15, 0.2) is 6.23 Å². The molecule has 2 N–H and O–H groups in total. The van der Waals surface area contributed by atoms with E-state index in [4.69, 9.17) is 24.7 Å². The molecule has 3 heterocycles. The zero-order chi connectivity index (χ0) is 22.4. The molecule has 164 valence electrons. The predicted molar refractivity (Wildman–Crippen MR) is 104 cm³/mol. The summed E-state index contributed by atoms with van der Waals surface area (Å²) >= 11 is 0. The lowest BCUT2D eigenvalue weighted by atomic mass is 10.1. The number of terminal acetylenes is 1. The average Bonchev–Trinajstić information content (AvgIpc) is 3.02. The Morgan fingerprint density at radius 1 is 1.48 bits per heavy atom. The molecule has 1 aromatic heterocycles. The fraction of sp³-hybridized carbons (Fsp3) is 0.368. The van der Waals surface area contributed by atoms with Crippen LogP contribution >= 0.6 is 7.82 Å². The van der Waals surface area contributed by atoms with E-state index in [1.165, 1.54) is 0 Å².